The fraction of sp³-hybridized carbons (Fsp3) is 0.364. The van der Waals surface area contributed by atoms with Crippen LogP contribution in [0.3, 0.4) is 0 Å². The molecule has 0 saturated carbocycles. The molecule has 92 valence electrons. The van der Waals surface area contributed by atoms with Crippen LogP contribution in [0.4, 0.5) is 0 Å². The zero-order chi connectivity index (χ0) is 13.3. The maximum Gasteiger partial charge on any atom is 0.264 e. The van der Waals surface area contributed by atoms with Crippen molar-refractivity contribution >= 4 is 11.7 Å². The highest BCUT2D eigenvalue weighted by Gasteiger charge is 2.23. The maximum absolute atomic E-state index is 11.8. The summed E-state index contributed by atoms with van der Waals surface area (Å²) in [7, 11) is 2.70. The summed E-state index contributed by atoms with van der Waals surface area (Å²) in [5.74, 6) is -1.43. The smallest absolute Gasteiger partial charge is 0.264 e. The Kier molecular flexibility index (Phi) is 3.36. The van der Waals surface area contributed by atoms with Gasteiger partial charge in [-0.25, -0.2) is 0 Å². The summed E-state index contributed by atoms with van der Waals surface area (Å²) < 4.78 is 0.883. The first-order valence-corrected chi connectivity index (χ1v) is 4.98. The third-order valence-corrected chi connectivity index (χ3v) is 2.62. The van der Waals surface area contributed by atoms with Gasteiger partial charge in [0, 0.05) is 14.1 Å². The monoisotopic (exact) mass is 238 g/mol. The molecule has 0 fully saturated rings. The highest BCUT2D eigenvalue weighted by molar-refractivity contribution is 6.03. The van der Waals surface area contributed by atoms with E-state index in [1.54, 1.807) is 0 Å². The van der Waals surface area contributed by atoms with Gasteiger partial charge in [-0.05, 0) is 19.4 Å². The minimum atomic E-state index is -0.611. The molecular formula is C11H14N2O4. The maximum atomic E-state index is 11.8. The third-order valence-electron chi connectivity index (χ3n) is 2.62. The number of nitrogens with zero attached hydrogens (tertiary/aromatic N) is 1. The molecule has 17 heavy (non-hydrogen) atoms. The number of amides is 1. The minimum Gasteiger partial charge on any atom is -0.494 e. The molecule has 0 aromatic carbocycles. The molecule has 0 saturated heterocycles. The van der Waals surface area contributed by atoms with Crippen LogP contribution in [0.5, 0.6) is 5.88 Å². The van der Waals surface area contributed by atoms with E-state index in [4.69, 9.17) is 0 Å². The molecule has 1 amide bonds. The number of Topliss-reactive ketones (excluding diaryl/α,β-unsaturated/α-hetero) is 1. The number of carbonyl (C=O) groups excluding carboxylic acids is 2. The summed E-state index contributed by atoms with van der Waals surface area (Å²) in [6.07, 6.45) is 0. The normalized spacial score (nSPS) is 10.1. The van der Waals surface area contributed by atoms with Gasteiger partial charge >= 0.3 is 0 Å². The van der Waals surface area contributed by atoms with Crippen molar-refractivity contribution in [3.8, 4) is 5.88 Å². The first kappa shape index (κ1) is 13.0. The first-order chi connectivity index (χ1) is 7.82. The van der Waals surface area contributed by atoms with Crippen molar-refractivity contribution < 1.29 is 14.7 Å². The van der Waals surface area contributed by atoms with Gasteiger partial charge in [-0.1, -0.05) is 0 Å². The van der Waals surface area contributed by atoms with Crippen molar-refractivity contribution in [2.45, 2.75) is 13.8 Å². The van der Waals surface area contributed by atoms with Gasteiger partial charge < -0.3 is 10.4 Å². The van der Waals surface area contributed by atoms with Gasteiger partial charge in [0.25, 0.3) is 11.5 Å². The van der Waals surface area contributed by atoms with Crippen LogP contribution < -0.4 is 10.9 Å². The van der Waals surface area contributed by atoms with Gasteiger partial charge in [0.05, 0.1) is 5.56 Å². The van der Waals surface area contributed by atoms with E-state index in [1.165, 1.54) is 27.9 Å². The molecule has 0 radical (unpaired) electrons. The molecule has 0 aliphatic heterocycles. The largest absolute Gasteiger partial charge is 0.494 e. The molecule has 0 atom stereocenters. The van der Waals surface area contributed by atoms with E-state index in [0.29, 0.717) is 0 Å². The molecule has 0 bridgehead atoms. The molecule has 0 unspecified atom stereocenters. The molecule has 1 aromatic rings. The van der Waals surface area contributed by atoms with Gasteiger partial charge in [0.1, 0.15) is 5.56 Å². The van der Waals surface area contributed by atoms with Crippen LogP contribution in [0.15, 0.2) is 4.79 Å². The number of aromatic hydroxyl groups is 1. The van der Waals surface area contributed by atoms with E-state index in [2.05, 4.69) is 5.32 Å². The lowest BCUT2D eigenvalue weighted by atomic mass is 10.0. The summed E-state index contributed by atoms with van der Waals surface area (Å²) in [5, 5.41) is 12.1. The van der Waals surface area contributed by atoms with Crippen LogP contribution >= 0.6 is 0 Å². The fourth-order valence-corrected chi connectivity index (χ4v) is 1.70. The molecule has 1 rings (SSSR count). The lowest BCUT2D eigenvalue weighted by Crippen LogP contribution is -2.30. The molecule has 1 heterocycles. The summed E-state index contributed by atoms with van der Waals surface area (Å²) >= 11 is 0. The molecule has 0 spiro atoms. The van der Waals surface area contributed by atoms with Crippen LogP contribution in [-0.2, 0) is 7.05 Å². The summed E-state index contributed by atoms with van der Waals surface area (Å²) in [4.78, 5) is 34.7. The van der Waals surface area contributed by atoms with E-state index < -0.39 is 23.1 Å². The lowest BCUT2D eigenvalue weighted by Gasteiger charge is -2.13. The van der Waals surface area contributed by atoms with Crippen molar-refractivity contribution in [2.75, 3.05) is 7.05 Å². The minimum absolute atomic E-state index is 0.0557. The second-order valence-electron chi connectivity index (χ2n) is 3.70. The number of aromatic nitrogens is 1. The van der Waals surface area contributed by atoms with Crippen molar-refractivity contribution in [2.24, 2.45) is 7.05 Å². The van der Waals surface area contributed by atoms with Crippen molar-refractivity contribution in [1.29, 1.82) is 0 Å². The Hall–Kier alpha value is -2.11. The number of hydrogen-bond donors (Lipinski definition) is 2. The van der Waals surface area contributed by atoms with Crippen molar-refractivity contribution in [1.82, 2.24) is 9.88 Å². The number of ketones is 1. The molecular weight excluding hydrogens is 224 g/mol. The van der Waals surface area contributed by atoms with Crippen LogP contribution in [0.25, 0.3) is 0 Å². The molecule has 6 heteroatoms. The average molecular weight is 238 g/mol. The Morgan fingerprint density at radius 1 is 1.29 bits per heavy atom. The number of hydrogen-bond acceptors (Lipinski definition) is 4. The fourth-order valence-electron chi connectivity index (χ4n) is 1.70. The van der Waals surface area contributed by atoms with Gasteiger partial charge in [0.15, 0.2) is 5.78 Å². The Labute approximate surface area is 97.9 Å². The average Bonchev–Trinajstić information content (AvgIpc) is 2.25. The molecule has 0 aliphatic rings. The zero-order valence-corrected chi connectivity index (χ0v) is 10.1. The van der Waals surface area contributed by atoms with E-state index >= 15 is 0 Å². The number of rotatable bonds is 2. The molecule has 1 aromatic heterocycles. The Morgan fingerprint density at radius 3 is 2.24 bits per heavy atom. The predicted molar refractivity (Wildman–Crippen MR) is 61.5 cm³/mol. The van der Waals surface area contributed by atoms with Gasteiger partial charge in [0.2, 0.25) is 5.88 Å². The Bertz CT molecular complexity index is 558. The molecule has 6 nitrogen and oxygen atoms in total. The second kappa shape index (κ2) is 4.40. The molecule has 2 N–H and O–H groups in total. The third kappa shape index (κ3) is 1.93. The lowest BCUT2D eigenvalue weighted by molar-refractivity contribution is 0.0958. The highest BCUT2D eigenvalue weighted by atomic mass is 16.3. The van der Waals surface area contributed by atoms with Gasteiger partial charge in [-0.3, -0.25) is 19.0 Å². The van der Waals surface area contributed by atoms with Crippen LogP contribution in [0.2, 0.25) is 0 Å². The first-order valence-electron chi connectivity index (χ1n) is 4.98. The van der Waals surface area contributed by atoms with Crippen LogP contribution in [-0.4, -0.2) is 28.4 Å². The Morgan fingerprint density at radius 2 is 1.82 bits per heavy atom. The standard InChI is InChI=1S/C11H14N2O4/c1-5-7(6(2)14)10(16)13(4)11(17)8(5)9(15)12-3/h17H,1-4H3,(H,12,15). The van der Waals surface area contributed by atoms with Crippen molar-refractivity contribution in [3.63, 3.8) is 0 Å². The van der Waals surface area contributed by atoms with E-state index in [-0.39, 0.29) is 16.7 Å². The van der Waals surface area contributed by atoms with E-state index in [9.17, 15) is 19.5 Å². The van der Waals surface area contributed by atoms with E-state index in [1.807, 2.05) is 0 Å². The van der Waals surface area contributed by atoms with E-state index in [0.717, 1.165) is 4.57 Å². The highest BCUT2D eigenvalue weighted by Crippen LogP contribution is 2.20. The number of nitrogens with one attached hydrogen (secondary N) is 1. The SMILES string of the molecule is CNC(=O)c1c(C)c(C(C)=O)c(=O)n(C)c1O. The van der Waals surface area contributed by atoms with Crippen LogP contribution in [0, 0.1) is 6.92 Å². The van der Waals surface area contributed by atoms with Crippen LogP contribution in [0.1, 0.15) is 33.2 Å². The van der Waals surface area contributed by atoms with Gasteiger partial charge in [-0.2, -0.15) is 0 Å². The predicted octanol–water partition coefficient (Wildman–Crippen LogP) is -0.0385. The zero-order valence-electron chi connectivity index (χ0n) is 10.1. The number of carbonyl (C=O) groups is 2. The summed E-state index contributed by atoms with van der Waals surface area (Å²) in [6.45, 7) is 2.71. The quantitative estimate of drug-likeness (QED) is 0.708. The Balaban J connectivity index is 3.81. The van der Waals surface area contributed by atoms with Gasteiger partial charge in [-0.15, -0.1) is 0 Å². The topological polar surface area (TPSA) is 88.4 Å². The molecule has 0 aliphatic carbocycles. The van der Waals surface area contributed by atoms with Crippen molar-refractivity contribution in [3.05, 3.63) is 27.0 Å². The summed E-state index contributed by atoms with van der Waals surface area (Å²) in [5.41, 5.74) is -0.554. The second-order valence-corrected chi connectivity index (χ2v) is 3.70. The number of pyridine rings is 1. The summed E-state index contributed by atoms with van der Waals surface area (Å²) in [6, 6.07) is 0.